The predicted molar refractivity (Wildman–Crippen MR) is 73.8 cm³/mol. The van der Waals surface area contributed by atoms with Crippen LogP contribution in [0.4, 0.5) is 0 Å². The number of carboxylic acid groups (broad SMARTS) is 1. The molecule has 1 aliphatic rings. The van der Waals surface area contributed by atoms with Gasteiger partial charge in [0.1, 0.15) is 0 Å². The molecule has 20 heavy (non-hydrogen) atoms. The van der Waals surface area contributed by atoms with Gasteiger partial charge in [0, 0.05) is 38.4 Å². The van der Waals surface area contributed by atoms with Crippen LogP contribution in [0.15, 0.2) is 23.4 Å². The first-order valence-electron chi connectivity index (χ1n) is 6.77. The molecule has 1 aromatic heterocycles. The van der Waals surface area contributed by atoms with Crippen molar-refractivity contribution in [3.63, 3.8) is 0 Å². The van der Waals surface area contributed by atoms with Crippen molar-refractivity contribution >= 4 is 16.0 Å². The molecule has 7 heteroatoms. The van der Waals surface area contributed by atoms with Crippen molar-refractivity contribution < 1.29 is 18.3 Å². The Kier molecular flexibility index (Phi) is 4.49. The van der Waals surface area contributed by atoms with Gasteiger partial charge in [-0.25, -0.2) is 8.42 Å². The number of nitrogens with zero attached hydrogens (tertiary/aromatic N) is 2. The van der Waals surface area contributed by atoms with Gasteiger partial charge in [-0.1, -0.05) is 6.42 Å². The number of aryl methyl sites for hydroxylation is 1. The van der Waals surface area contributed by atoms with Crippen molar-refractivity contribution in [1.82, 2.24) is 8.87 Å². The fraction of sp³-hybridized carbons (Fsp3) is 0.615. The minimum absolute atomic E-state index is 0.00543. The molecule has 1 atom stereocenters. The summed E-state index contributed by atoms with van der Waals surface area (Å²) in [6, 6.07) is 1.38. The Bertz CT molecular complexity index is 579. The maximum atomic E-state index is 12.6. The molecule has 0 amide bonds. The Balaban J connectivity index is 2.20. The van der Waals surface area contributed by atoms with E-state index in [4.69, 9.17) is 5.11 Å². The molecule has 2 heterocycles. The molecule has 1 aromatic rings. The van der Waals surface area contributed by atoms with E-state index < -0.39 is 16.0 Å². The summed E-state index contributed by atoms with van der Waals surface area (Å²) >= 11 is 0. The molecule has 1 fully saturated rings. The van der Waals surface area contributed by atoms with E-state index in [9.17, 15) is 13.2 Å². The van der Waals surface area contributed by atoms with Crippen molar-refractivity contribution in [2.45, 2.75) is 43.0 Å². The lowest BCUT2D eigenvalue weighted by molar-refractivity contribution is -0.137. The first-order chi connectivity index (χ1) is 9.41. The van der Waals surface area contributed by atoms with Gasteiger partial charge in [-0.05, 0) is 25.3 Å². The van der Waals surface area contributed by atoms with E-state index in [0.717, 1.165) is 19.3 Å². The lowest BCUT2D eigenvalue weighted by Gasteiger charge is -2.34. The molecule has 0 saturated carbocycles. The molecule has 1 N–H and O–H groups in total. The van der Waals surface area contributed by atoms with Crippen LogP contribution in [-0.2, 0) is 21.9 Å². The van der Waals surface area contributed by atoms with Gasteiger partial charge in [-0.2, -0.15) is 4.31 Å². The standard InChI is InChI=1S/C13H20N2O4S/c1-14-9-7-12(10-14)20(18,19)15-8-3-2-4-11(15)5-6-13(16)17/h7,9-11H,2-6,8H2,1H3,(H,16,17). The van der Waals surface area contributed by atoms with Crippen LogP contribution in [0.25, 0.3) is 0 Å². The first kappa shape index (κ1) is 15.1. The normalized spacial score (nSPS) is 20.9. The number of aliphatic carboxylic acids is 1. The third kappa shape index (κ3) is 3.21. The lowest BCUT2D eigenvalue weighted by Crippen LogP contribution is -2.43. The Labute approximate surface area is 119 Å². The zero-order chi connectivity index (χ0) is 14.8. The van der Waals surface area contributed by atoms with E-state index in [0.29, 0.717) is 13.0 Å². The molecule has 2 rings (SSSR count). The fourth-order valence-corrected chi connectivity index (χ4v) is 4.41. The molecule has 0 bridgehead atoms. The minimum atomic E-state index is -3.52. The summed E-state index contributed by atoms with van der Waals surface area (Å²) in [5.41, 5.74) is 0. The smallest absolute Gasteiger partial charge is 0.303 e. The third-order valence-electron chi connectivity index (χ3n) is 3.68. The summed E-state index contributed by atoms with van der Waals surface area (Å²) in [6.07, 6.45) is 6.17. The van der Waals surface area contributed by atoms with Crippen LogP contribution >= 0.6 is 0 Å². The highest BCUT2D eigenvalue weighted by molar-refractivity contribution is 7.89. The number of aromatic nitrogens is 1. The third-order valence-corrected chi connectivity index (χ3v) is 5.61. The van der Waals surface area contributed by atoms with Gasteiger partial charge < -0.3 is 9.67 Å². The van der Waals surface area contributed by atoms with Crippen LogP contribution in [0, 0.1) is 0 Å². The summed E-state index contributed by atoms with van der Waals surface area (Å²) in [4.78, 5) is 11.0. The quantitative estimate of drug-likeness (QED) is 0.892. The maximum absolute atomic E-state index is 12.6. The van der Waals surface area contributed by atoms with E-state index >= 15 is 0 Å². The van der Waals surface area contributed by atoms with E-state index in [1.165, 1.54) is 4.31 Å². The van der Waals surface area contributed by atoms with E-state index in [1.54, 1.807) is 30.1 Å². The average Bonchev–Trinajstić information content (AvgIpc) is 2.84. The van der Waals surface area contributed by atoms with Crippen molar-refractivity contribution in [3.8, 4) is 0 Å². The summed E-state index contributed by atoms with van der Waals surface area (Å²) in [5.74, 6) is -0.882. The fourth-order valence-electron chi connectivity index (χ4n) is 2.63. The Morgan fingerprint density at radius 3 is 2.80 bits per heavy atom. The number of hydrogen-bond donors (Lipinski definition) is 1. The number of carbonyl (C=O) groups is 1. The number of sulfonamides is 1. The van der Waals surface area contributed by atoms with Crippen LogP contribution in [0.2, 0.25) is 0 Å². The maximum Gasteiger partial charge on any atom is 0.303 e. The van der Waals surface area contributed by atoms with Crippen molar-refractivity contribution in [2.24, 2.45) is 7.05 Å². The van der Waals surface area contributed by atoms with E-state index in [1.807, 2.05) is 0 Å². The zero-order valence-corrected chi connectivity index (χ0v) is 12.3. The Hall–Kier alpha value is -1.34. The summed E-state index contributed by atoms with van der Waals surface area (Å²) in [5, 5.41) is 8.78. The number of carboxylic acids is 1. The lowest BCUT2D eigenvalue weighted by atomic mass is 10.0. The minimum Gasteiger partial charge on any atom is -0.481 e. The van der Waals surface area contributed by atoms with Crippen molar-refractivity contribution in [3.05, 3.63) is 18.5 Å². The van der Waals surface area contributed by atoms with Gasteiger partial charge in [-0.3, -0.25) is 4.79 Å². The van der Waals surface area contributed by atoms with Crippen LogP contribution in [0.1, 0.15) is 32.1 Å². The molecule has 0 aromatic carbocycles. The second-order valence-corrected chi connectivity index (χ2v) is 7.10. The van der Waals surface area contributed by atoms with E-state index in [-0.39, 0.29) is 17.4 Å². The Morgan fingerprint density at radius 2 is 2.20 bits per heavy atom. The van der Waals surface area contributed by atoms with Crippen molar-refractivity contribution in [2.75, 3.05) is 6.54 Å². The van der Waals surface area contributed by atoms with Crippen LogP contribution in [0.3, 0.4) is 0 Å². The average molecular weight is 300 g/mol. The van der Waals surface area contributed by atoms with Gasteiger partial charge in [0.15, 0.2) is 0 Å². The van der Waals surface area contributed by atoms with Crippen molar-refractivity contribution in [1.29, 1.82) is 0 Å². The number of rotatable bonds is 5. The van der Waals surface area contributed by atoms with Crippen LogP contribution in [0.5, 0.6) is 0 Å². The second-order valence-electron chi connectivity index (χ2n) is 5.21. The molecule has 0 spiro atoms. The molecule has 0 radical (unpaired) electrons. The summed E-state index contributed by atoms with van der Waals surface area (Å²) in [6.45, 7) is 0.474. The van der Waals surface area contributed by atoms with Gasteiger partial charge in [0.05, 0.1) is 4.90 Å². The van der Waals surface area contributed by atoms with Gasteiger partial charge in [0.2, 0.25) is 10.0 Å². The van der Waals surface area contributed by atoms with Gasteiger partial charge in [0.25, 0.3) is 0 Å². The largest absolute Gasteiger partial charge is 0.481 e. The summed E-state index contributed by atoms with van der Waals surface area (Å²) in [7, 11) is -1.74. The molecular formula is C13H20N2O4S. The second kappa shape index (κ2) is 5.97. The zero-order valence-electron chi connectivity index (χ0n) is 11.5. The monoisotopic (exact) mass is 300 g/mol. The van der Waals surface area contributed by atoms with Gasteiger partial charge >= 0.3 is 5.97 Å². The molecule has 1 unspecified atom stereocenters. The number of hydrogen-bond acceptors (Lipinski definition) is 3. The number of piperidine rings is 1. The highest BCUT2D eigenvalue weighted by Crippen LogP contribution is 2.27. The van der Waals surface area contributed by atoms with Crippen LogP contribution < -0.4 is 0 Å². The predicted octanol–water partition coefficient (Wildman–Crippen LogP) is 1.43. The molecule has 1 saturated heterocycles. The van der Waals surface area contributed by atoms with Crippen LogP contribution in [-0.4, -0.2) is 41.0 Å². The van der Waals surface area contributed by atoms with Gasteiger partial charge in [-0.15, -0.1) is 0 Å². The molecular weight excluding hydrogens is 280 g/mol. The SMILES string of the molecule is Cn1ccc(S(=O)(=O)N2CCCCC2CCC(=O)O)c1. The van der Waals surface area contributed by atoms with E-state index in [2.05, 4.69) is 0 Å². The highest BCUT2D eigenvalue weighted by Gasteiger charge is 2.33. The Morgan fingerprint density at radius 1 is 1.45 bits per heavy atom. The molecule has 1 aliphatic heterocycles. The summed E-state index contributed by atoms with van der Waals surface area (Å²) < 4.78 is 28.4. The molecule has 112 valence electrons. The first-order valence-corrected chi connectivity index (χ1v) is 8.21. The highest BCUT2D eigenvalue weighted by atomic mass is 32.2. The molecule has 6 nitrogen and oxygen atoms in total. The molecule has 0 aliphatic carbocycles. The topological polar surface area (TPSA) is 79.6 Å².